The van der Waals surface area contributed by atoms with Crippen LogP contribution >= 0.6 is 0 Å². The van der Waals surface area contributed by atoms with E-state index in [2.05, 4.69) is 29.0 Å². The first-order valence-electron chi connectivity index (χ1n) is 9.00. The minimum atomic E-state index is -0.291. The van der Waals surface area contributed by atoms with Gasteiger partial charge in [-0.3, -0.25) is 9.78 Å². The lowest BCUT2D eigenvalue weighted by Crippen LogP contribution is -2.53. The summed E-state index contributed by atoms with van der Waals surface area (Å²) in [6, 6.07) is 4.28. The molecular weight excluding hydrogens is 302 g/mol. The van der Waals surface area contributed by atoms with Crippen molar-refractivity contribution >= 4 is 11.6 Å². The first kappa shape index (κ1) is 17.2. The molecule has 0 aromatic carbocycles. The third kappa shape index (κ3) is 3.27. The molecule has 0 radical (unpaired) electrons. The zero-order valence-electron chi connectivity index (χ0n) is 15.0. The maximum atomic E-state index is 12.9. The van der Waals surface area contributed by atoms with Gasteiger partial charge in [-0.25, -0.2) is 0 Å². The summed E-state index contributed by atoms with van der Waals surface area (Å²) in [7, 11) is 1.69. The fourth-order valence-corrected chi connectivity index (χ4v) is 4.06. The van der Waals surface area contributed by atoms with E-state index in [9.17, 15) is 4.79 Å². The number of carbonyl (C=O) groups is 1. The zero-order chi connectivity index (χ0) is 17.2. The Balaban J connectivity index is 1.70. The number of nitrogens with zero attached hydrogens (tertiary/aromatic N) is 2. The molecule has 1 aliphatic heterocycles. The van der Waals surface area contributed by atoms with Crippen LogP contribution in [0.5, 0.6) is 0 Å². The van der Waals surface area contributed by atoms with Crippen molar-refractivity contribution in [3.63, 3.8) is 0 Å². The second-order valence-corrected chi connectivity index (χ2v) is 7.67. The van der Waals surface area contributed by atoms with Crippen molar-refractivity contribution in [2.24, 2.45) is 17.3 Å². The molecule has 0 bridgehead atoms. The number of nitrogens with one attached hydrogen (secondary N) is 1. The molecule has 2 atom stereocenters. The van der Waals surface area contributed by atoms with E-state index in [1.807, 2.05) is 24.5 Å². The van der Waals surface area contributed by atoms with Gasteiger partial charge in [-0.1, -0.05) is 20.3 Å². The number of anilines is 1. The molecule has 2 aliphatic rings. The third-order valence-corrected chi connectivity index (χ3v) is 5.78. The standard InChI is InChI=1S/C19H29N3O2/c1-14(2)16-11-22(15-5-9-20-10-6-15)12-17(16)21-18(23)19(13-24-3)7-4-8-19/h5-6,9-10,14,16-17H,4,7-8,11-13H2,1-3H3,(H,21,23)/t16-,17+/m0/s1. The molecule has 0 unspecified atom stereocenters. The number of amides is 1. The maximum absolute atomic E-state index is 12.9. The molecule has 24 heavy (non-hydrogen) atoms. The van der Waals surface area contributed by atoms with E-state index in [4.69, 9.17) is 4.74 Å². The minimum absolute atomic E-state index is 0.183. The van der Waals surface area contributed by atoms with Crippen LogP contribution in [0.1, 0.15) is 33.1 Å². The molecule has 5 nitrogen and oxygen atoms in total. The second-order valence-electron chi connectivity index (χ2n) is 7.67. The van der Waals surface area contributed by atoms with Crippen LogP contribution in [0.4, 0.5) is 5.69 Å². The molecular formula is C19H29N3O2. The van der Waals surface area contributed by atoms with Gasteiger partial charge in [-0.15, -0.1) is 0 Å². The first-order valence-corrected chi connectivity index (χ1v) is 9.00. The lowest BCUT2D eigenvalue weighted by Gasteiger charge is -2.40. The highest BCUT2D eigenvalue weighted by Gasteiger charge is 2.46. The van der Waals surface area contributed by atoms with E-state index in [1.165, 1.54) is 5.69 Å². The van der Waals surface area contributed by atoms with Gasteiger partial charge in [0, 0.05) is 44.2 Å². The maximum Gasteiger partial charge on any atom is 0.228 e. The van der Waals surface area contributed by atoms with Crippen LogP contribution < -0.4 is 10.2 Å². The summed E-state index contributed by atoms with van der Waals surface area (Å²) in [5.74, 6) is 1.17. The smallest absolute Gasteiger partial charge is 0.228 e. The SMILES string of the molecule is COCC1(C(=O)N[C@@H]2CN(c3ccncc3)C[C@H]2C(C)C)CCC1. The number of methoxy groups -OCH3 is 1. The van der Waals surface area contributed by atoms with Crippen LogP contribution in [0.2, 0.25) is 0 Å². The number of hydrogen-bond acceptors (Lipinski definition) is 4. The summed E-state index contributed by atoms with van der Waals surface area (Å²) >= 11 is 0. The number of carbonyl (C=O) groups excluding carboxylic acids is 1. The molecule has 5 heteroatoms. The molecule has 132 valence electrons. The summed E-state index contributed by atoms with van der Waals surface area (Å²) in [4.78, 5) is 19.3. The summed E-state index contributed by atoms with van der Waals surface area (Å²) in [6.07, 6.45) is 6.67. The Morgan fingerprint density at radius 1 is 1.38 bits per heavy atom. The number of rotatable bonds is 6. The van der Waals surface area contributed by atoms with E-state index >= 15 is 0 Å². The quantitative estimate of drug-likeness (QED) is 0.870. The normalized spacial score (nSPS) is 25.6. The van der Waals surface area contributed by atoms with E-state index in [1.54, 1.807) is 7.11 Å². The predicted octanol–water partition coefficient (Wildman–Crippen LogP) is 2.48. The van der Waals surface area contributed by atoms with Gasteiger partial charge in [-0.2, -0.15) is 0 Å². The molecule has 1 N–H and O–H groups in total. The van der Waals surface area contributed by atoms with Crippen molar-refractivity contribution in [1.82, 2.24) is 10.3 Å². The van der Waals surface area contributed by atoms with Crippen LogP contribution in [-0.2, 0) is 9.53 Å². The molecule has 1 aliphatic carbocycles. The van der Waals surface area contributed by atoms with Crippen molar-refractivity contribution in [2.45, 2.75) is 39.2 Å². The van der Waals surface area contributed by atoms with Crippen LogP contribution in [0.3, 0.4) is 0 Å². The van der Waals surface area contributed by atoms with Gasteiger partial charge in [0.1, 0.15) is 0 Å². The van der Waals surface area contributed by atoms with Crippen molar-refractivity contribution in [3.8, 4) is 0 Å². The highest BCUT2D eigenvalue weighted by molar-refractivity contribution is 5.84. The van der Waals surface area contributed by atoms with Gasteiger partial charge in [0.15, 0.2) is 0 Å². The minimum Gasteiger partial charge on any atom is -0.384 e. The van der Waals surface area contributed by atoms with E-state index in [0.29, 0.717) is 18.4 Å². The fraction of sp³-hybridized carbons (Fsp3) is 0.684. The number of aromatic nitrogens is 1. The molecule has 1 amide bonds. The predicted molar refractivity (Wildman–Crippen MR) is 94.9 cm³/mol. The van der Waals surface area contributed by atoms with Crippen molar-refractivity contribution in [2.75, 3.05) is 31.7 Å². The van der Waals surface area contributed by atoms with Crippen LogP contribution in [-0.4, -0.2) is 43.7 Å². The van der Waals surface area contributed by atoms with Gasteiger partial charge in [0.2, 0.25) is 5.91 Å². The van der Waals surface area contributed by atoms with Gasteiger partial charge >= 0.3 is 0 Å². The molecule has 2 heterocycles. The Morgan fingerprint density at radius 3 is 2.62 bits per heavy atom. The molecule has 1 saturated carbocycles. The van der Waals surface area contributed by atoms with Gasteiger partial charge < -0.3 is 15.0 Å². The van der Waals surface area contributed by atoms with Crippen LogP contribution in [0.15, 0.2) is 24.5 Å². The zero-order valence-corrected chi connectivity index (χ0v) is 15.0. The van der Waals surface area contributed by atoms with Gasteiger partial charge in [0.25, 0.3) is 0 Å². The topological polar surface area (TPSA) is 54.5 Å². The third-order valence-electron chi connectivity index (χ3n) is 5.78. The Hall–Kier alpha value is -1.62. The lowest BCUT2D eigenvalue weighted by atomic mass is 9.68. The van der Waals surface area contributed by atoms with Crippen molar-refractivity contribution in [1.29, 1.82) is 0 Å². The Kier molecular flexibility index (Phi) is 5.09. The summed E-state index contributed by atoms with van der Waals surface area (Å²) in [5.41, 5.74) is 0.892. The summed E-state index contributed by atoms with van der Waals surface area (Å²) in [6.45, 7) is 6.86. The van der Waals surface area contributed by atoms with E-state index < -0.39 is 0 Å². The highest BCUT2D eigenvalue weighted by atomic mass is 16.5. The highest BCUT2D eigenvalue weighted by Crippen LogP contribution is 2.42. The lowest BCUT2D eigenvalue weighted by molar-refractivity contribution is -0.141. The number of ether oxygens (including phenoxy) is 1. The number of hydrogen-bond donors (Lipinski definition) is 1. The van der Waals surface area contributed by atoms with Crippen LogP contribution in [0.25, 0.3) is 0 Å². The Bertz CT molecular complexity index is 557. The van der Waals surface area contributed by atoms with E-state index in [-0.39, 0.29) is 17.4 Å². The van der Waals surface area contributed by atoms with Gasteiger partial charge in [-0.05, 0) is 30.9 Å². The van der Waals surface area contributed by atoms with Crippen molar-refractivity contribution < 1.29 is 9.53 Å². The van der Waals surface area contributed by atoms with Gasteiger partial charge in [0.05, 0.1) is 18.1 Å². The largest absolute Gasteiger partial charge is 0.384 e. The number of pyridine rings is 1. The molecule has 1 saturated heterocycles. The second kappa shape index (κ2) is 7.09. The first-order chi connectivity index (χ1) is 11.6. The van der Waals surface area contributed by atoms with Crippen LogP contribution in [0, 0.1) is 17.3 Å². The molecule has 2 fully saturated rings. The molecule has 1 aromatic rings. The Labute approximate surface area is 144 Å². The molecule has 0 spiro atoms. The monoisotopic (exact) mass is 331 g/mol. The molecule has 3 rings (SSSR count). The van der Waals surface area contributed by atoms with Crippen molar-refractivity contribution in [3.05, 3.63) is 24.5 Å². The fourth-order valence-electron chi connectivity index (χ4n) is 4.06. The summed E-state index contributed by atoms with van der Waals surface area (Å²) in [5, 5.41) is 3.36. The average molecular weight is 331 g/mol. The Morgan fingerprint density at radius 2 is 2.08 bits per heavy atom. The van der Waals surface area contributed by atoms with E-state index in [0.717, 1.165) is 32.4 Å². The molecule has 1 aromatic heterocycles. The average Bonchev–Trinajstić information content (AvgIpc) is 2.95. The summed E-state index contributed by atoms with van der Waals surface area (Å²) < 4.78 is 5.32.